The number of nitrogens with zero attached hydrogens (tertiary/aromatic N) is 2. The molecule has 148 valence electrons. The lowest BCUT2D eigenvalue weighted by Gasteiger charge is -2.41. The first-order chi connectivity index (χ1) is 12.9. The summed E-state index contributed by atoms with van der Waals surface area (Å²) in [7, 11) is 4.19. The lowest BCUT2D eigenvalue weighted by atomic mass is 9.77. The van der Waals surface area contributed by atoms with Crippen LogP contribution in [0.5, 0.6) is 0 Å². The van der Waals surface area contributed by atoms with Crippen LogP contribution in [0, 0.1) is 17.8 Å². The fourth-order valence-electron chi connectivity index (χ4n) is 4.58. The van der Waals surface area contributed by atoms with Crippen molar-refractivity contribution < 1.29 is 9.53 Å². The molecule has 3 aliphatic rings. The average Bonchev–Trinajstić information content (AvgIpc) is 3.35. The Morgan fingerprint density at radius 1 is 1.19 bits per heavy atom. The number of likely N-dealkylation sites (tertiary alicyclic amines) is 1. The van der Waals surface area contributed by atoms with Gasteiger partial charge in [0.25, 0.3) is 11.5 Å². The van der Waals surface area contributed by atoms with E-state index in [0.717, 1.165) is 31.4 Å². The van der Waals surface area contributed by atoms with Gasteiger partial charge in [0.05, 0.1) is 6.10 Å². The van der Waals surface area contributed by atoms with Crippen molar-refractivity contribution in [3.05, 3.63) is 32.6 Å². The van der Waals surface area contributed by atoms with Crippen LogP contribution in [0.3, 0.4) is 0 Å². The summed E-state index contributed by atoms with van der Waals surface area (Å²) >= 11 is 0. The molecule has 27 heavy (non-hydrogen) atoms. The van der Waals surface area contributed by atoms with Gasteiger partial charge >= 0.3 is 5.69 Å². The lowest BCUT2D eigenvalue weighted by Crippen LogP contribution is -2.48. The summed E-state index contributed by atoms with van der Waals surface area (Å²) in [6.45, 7) is 2.17. The van der Waals surface area contributed by atoms with Crippen LogP contribution < -0.4 is 11.2 Å². The summed E-state index contributed by atoms with van der Waals surface area (Å²) in [5.74, 6) is 1.29. The number of hydrogen-bond donors (Lipinski definition) is 2. The van der Waals surface area contributed by atoms with Gasteiger partial charge in [0.2, 0.25) is 0 Å². The molecule has 1 aromatic heterocycles. The van der Waals surface area contributed by atoms with Gasteiger partial charge in [-0.25, -0.2) is 4.79 Å². The number of rotatable bonds is 5. The maximum atomic E-state index is 12.8. The third kappa shape index (κ3) is 4.01. The molecular weight excluding hydrogens is 348 g/mol. The maximum Gasteiger partial charge on any atom is 0.326 e. The van der Waals surface area contributed by atoms with Crippen LogP contribution >= 0.6 is 0 Å². The Bertz CT molecular complexity index is 784. The largest absolute Gasteiger partial charge is 0.376 e. The van der Waals surface area contributed by atoms with Gasteiger partial charge in [0, 0.05) is 31.8 Å². The Morgan fingerprint density at radius 3 is 2.52 bits per heavy atom. The van der Waals surface area contributed by atoms with E-state index in [2.05, 4.69) is 29.0 Å². The summed E-state index contributed by atoms with van der Waals surface area (Å²) in [5, 5.41) is 0. The van der Waals surface area contributed by atoms with Crippen LogP contribution in [0.1, 0.15) is 36.2 Å². The molecule has 1 amide bonds. The zero-order chi connectivity index (χ0) is 19.1. The van der Waals surface area contributed by atoms with Crippen molar-refractivity contribution in [2.75, 3.05) is 33.8 Å². The van der Waals surface area contributed by atoms with Gasteiger partial charge in [-0.05, 0) is 57.5 Å². The van der Waals surface area contributed by atoms with Crippen molar-refractivity contribution in [3.8, 4) is 0 Å². The number of amides is 1. The van der Waals surface area contributed by atoms with E-state index in [0.29, 0.717) is 31.0 Å². The van der Waals surface area contributed by atoms with Gasteiger partial charge in [0.15, 0.2) is 0 Å². The minimum absolute atomic E-state index is 0.0630. The predicted molar refractivity (Wildman–Crippen MR) is 99.7 cm³/mol. The molecule has 2 aliphatic carbocycles. The number of hydrogen-bond acceptors (Lipinski definition) is 5. The van der Waals surface area contributed by atoms with E-state index in [4.69, 9.17) is 4.74 Å². The minimum atomic E-state index is -0.649. The quantitative estimate of drug-likeness (QED) is 0.769. The molecule has 0 unspecified atom stereocenters. The first-order valence-electron chi connectivity index (χ1n) is 9.81. The molecule has 2 saturated carbocycles. The minimum Gasteiger partial charge on any atom is -0.376 e. The van der Waals surface area contributed by atoms with E-state index in [-0.39, 0.29) is 17.7 Å². The van der Waals surface area contributed by atoms with E-state index in [1.165, 1.54) is 12.8 Å². The Balaban J connectivity index is 1.45. The Morgan fingerprint density at radius 2 is 1.89 bits per heavy atom. The van der Waals surface area contributed by atoms with E-state index in [1.54, 1.807) is 4.90 Å². The fraction of sp³-hybridized carbons (Fsp3) is 0.737. The molecule has 1 aromatic rings. The zero-order valence-corrected chi connectivity index (χ0v) is 15.9. The molecular formula is C19H28N4O4. The highest BCUT2D eigenvalue weighted by Crippen LogP contribution is 2.40. The van der Waals surface area contributed by atoms with E-state index in [9.17, 15) is 14.4 Å². The molecule has 2 N–H and O–H groups in total. The van der Waals surface area contributed by atoms with Gasteiger partial charge in [-0.15, -0.1) is 0 Å². The van der Waals surface area contributed by atoms with Crippen molar-refractivity contribution in [1.82, 2.24) is 19.8 Å². The molecule has 8 heteroatoms. The summed E-state index contributed by atoms with van der Waals surface area (Å²) in [5.41, 5.74) is -1.14. The molecule has 8 nitrogen and oxygen atoms in total. The fourth-order valence-corrected chi connectivity index (χ4v) is 4.58. The lowest BCUT2D eigenvalue weighted by molar-refractivity contribution is -0.0493. The Kier molecular flexibility index (Phi) is 4.94. The molecule has 3 fully saturated rings. The summed E-state index contributed by atoms with van der Waals surface area (Å²) < 4.78 is 6.26. The number of H-pyrrole nitrogens is 2. The molecule has 4 atom stereocenters. The van der Waals surface area contributed by atoms with Crippen molar-refractivity contribution >= 4 is 5.91 Å². The monoisotopic (exact) mass is 376 g/mol. The maximum absolute atomic E-state index is 12.8. The second-order valence-corrected chi connectivity index (χ2v) is 8.55. The Labute approximate surface area is 157 Å². The van der Waals surface area contributed by atoms with Crippen molar-refractivity contribution in [2.45, 2.75) is 37.8 Å². The van der Waals surface area contributed by atoms with Crippen molar-refractivity contribution in [3.63, 3.8) is 0 Å². The first-order valence-corrected chi connectivity index (χ1v) is 9.81. The normalized spacial score (nSPS) is 30.6. The molecule has 1 aliphatic heterocycles. The number of fused-ring (bicyclic) bond motifs is 1. The first kappa shape index (κ1) is 18.4. The van der Waals surface area contributed by atoms with Gasteiger partial charge < -0.3 is 19.5 Å². The van der Waals surface area contributed by atoms with Crippen LogP contribution in [0.4, 0.5) is 0 Å². The third-order valence-electron chi connectivity index (χ3n) is 6.27. The van der Waals surface area contributed by atoms with E-state index < -0.39 is 11.2 Å². The van der Waals surface area contributed by atoms with Gasteiger partial charge in [-0.3, -0.25) is 14.6 Å². The number of aromatic nitrogens is 2. The number of carbonyl (C=O) groups excluding carboxylic acids is 1. The summed E-state index contributed by atoms with van der Waals surface area (Å²) in [6.07, 6.45) is 4.72. The molecule has 0 aromatic carbocycles. The Hall–Kier alpha value is -1.93. The van der Waals surface area contributed by atoms with Gasteiger partial charge in [-0.2, -0.15) is 0 Å². The molecule has 0 spiro atoms. The zero-order valence-electron chi connectivity index (χ0n) is 15.9. The number of nitrogens with one attached hydrogen (secondary N) is 2. The standard InChI is InChI=1S/C19H28N4O4/c1-22(2)15-5-12-8-23(18(25)14-7-17(24)21-19(26)20-14)9-13(12)6-16(15)27-10-11-3-4-11/h7,11-13,15-16H,3-6,8-10H2,1-2H3,(H2,20,21,24,26)/t12-,13+,15-,16-/m1/s1. The predicted octanol–water partition coefficient (Wildman–Crippen LogP) is 0.271. The molecule has 0 radical (unpaired) electrons. The SMILES string of the molecule is CN(C)[C@@H]1C[C@@H]2CN(C(=O)c3cc(=O)[nH]c(=O)[nH]3)C[C@@H]2C[C@H]1OCC1CC1. The van der Waals surface area contributed by atoms with Gasteiger partial charge in [0.1, 0.15) is 5.69 Å². The highest BCUT2D eigenvalue weighted by atomic mass is 16.5. The molecule has 0 bridgehead atoms. The highest BCUT2D eigenvalue weighted by molar-refractivity contribution is 5.92. The van der Waals surface area contributed by atoms with E-state index >= 15 is 0 Å². The number of carbonyl (C=O) groups is 1. The second-order valence-electron chi connectivity index (χ2n) is 8.55. The molecule has 2 heterocycles. The summed E-state index contributed by atoms with van der Waals surface area (Å²) in [6, 6.07) is 1.52. The van der Waals surface area contributed by atoms with Crippen LogP contribution in [0.25, 0.3) is 0 Å². The second kappa shape index (κ2) is 7.24. The third-order valence-corrected chi connectivity index (χ3v) is 6.27. The smallest absolute Gasteiger partial charge is 0.326 e. The van der Waals surface area contributed by atoms with E-state index in [1.807, 2.05) is 0 Å². The number of ether oxygens (including phenoxy) is 1. The molecule has 4 rings (SSSR count). The number of likely N-dealkylation sites (N-methyl/N-ethyl adjacent to an activating group) is 1. The van der Waals surface area contributed by atoms with Crippen LogP contribution in [-0.4, -0.2) is 71.6 Å². The molecule has 1 saturated heterocycles. The number of aromatic amines is 2. The van der Waals surface area contributed by atoms with Crippen LogP contribution in [0.2, 0.25) is 0 Å². The topological polar surface area (TPSA) is 98.5 Å². The van der Waals surface area contributed by atoms with Gasteiger partial charge in [-0.1, -0.05) is 0 Å². The van der Waals surface area contributed by atoms with Crippen molar-refractivity contribution in [2.24, 2.45) is 17.8 Å². The van der Waals surface area contributed by atoms with Crippen LogP contribution in [0.15, 0.2) is 15.7 Å². The van der Waals surface area contributed by atoms with Crippen LogP contribution in [-0.2, 0) is 4.74 Å². The highest BCUT2D eigenvalue weighted by Gasteiger charge is 2.45. The van der Waals surface area contributed by atoms with Crippen molar-refractivity contribution in [1.29, 1.82) is 0 Å². The average molecular weight is 376 g/mol. The summed E-state index contributed by atoms with van der Waals surface area (Å²) in [4.78, 5) is 44.3.